The minimum absolute atomic E-state index is 0.0271. The maximum Gasteiger partial charge on any atom is 0.222 e. The Labute approximate surface area is 99.1 Å². The molecule has 2 aromatic heterocycles. The summed E-state index contributed by atoms with van der Waals surface area (Å²) in [7, 11) is 0. The van der Waals surface area contributed by atoms with E-state index >= 15 is 0 Å². The SMILES string of the molecule is Cc1[nH]ncc1CNC(=O)CCn1ccnc1. The first-order valence-electron chi connectivity index (χ1n) is 5.47. The Hall–Kier alpha value is -2.11. The number of aryl methyl sites for hydroxylation is 2. The van der Waals surface area contributed by atoms with Crippen molar-refractivity contribution in [1.29, 1.82) is 0 Å². The maximum atomic E-state index is 11.6. The zero-order chi connectivity index (χ0) is 12.1. The second kappa shape index (κ2) is 5.29. The Kier molecular flexibility index (Phi) is 3.54. The van der Waals surface area contributed by atoms with Crippen LogP contribution in [0.15, 0.2) is 24.9 Å². The van der Waals surface area contributed by atoms with Crippen molar-refractivity contribution >= 4 is 5.91 Å². The van der Waals surface area contributed by atoms with Gasteiger partial charge in [0.05, 0.1) is 12.5 Å². The summed E-state index contributed by atoms with van der Waals surface area (Å²) in [5.41, 5.74) is 2.00. The number of carbonyl (C=O) groups is 1. The van der Waals surface area contributed by atoms with Gasteiger partial charge in [-0.1, -0.05) is 0 Å². The highest BCUT2D eigenvalue weighted by Gasteiger charge is 2.04. The summed E-state index contributed by atoms with van der Waals surface area (Å²) in [5, 5.41) is 9.59. The highest BCUT2D eigenvalue weighted by molar-refractivity contribution is 5.75. The van der Waals surface area contributed by atoms with Crippen LogP contribution in [0.2, 0.25) is 0 Å². The van der Waals surface area contributed by atoms with E-state index in [9.17, 15) is 4.79 Å². The van der Waals surface area contributed by atoms with Crippen molar-refractivity contribution in [3.05, 3.63) is 36.2 Å². The van der Waals surface area contributed by atoms with Crippen molar-refractivity contribution in [1.82, 2.24) is 25.1 Å². The highest BCUT2D eigenvalue weighted by Crippen LogP contribution is 2.01. The molecule has 2 rings (SSSR count). The average Bonchev–Trinajstić information content (AvgIpc) is 2.95. The van der Waals surface area contributed by atoms with Gasteiger partial charge in [0.15, 0.2) is 0 Å². The lowest BCUT2D eigenvalue weighted by atomic mass is 10.2. The van der Waals surface area contributed by atoms with Crippen LogP contribution in [-0.4, -0.2) is 25.7 Å². The van der Waals surface area contributed by atoms with Gasteiger partial charge in [-0.3, -0.25) is 9.89 Å². The van der Waals surface area contributed by atoms with Crippen LogP contribution in [0.5, 0.6) is 0 Å². The lowest BCUT2D eigenvalue weighted by molar-refractivity contribution is -0.121. The molecular formula is C11H15N5O. The van der Waals surface area contributed by atoms with Gasteiger partial charge in [-0.15, -0.1) is 0 Å². The molecule has 2 aromatic rings. The van der Waals surface area contributed by atoms with Crippen LogP contribution in [0.1, 0.15) is 17.7 Å². The Bertz CT molecular complexity index is 474. The zero-order valence-electron chi connectivity index (χ0n) is 9.68. The number of aromatic nitrogens is 4. The van der Waals surface area contributed by atoms with Gasteiger partial charge in [-0.2, -0.15) is 5.10 Å². The number of nitrogens with zero attached hydrogens (tertiary/aromatic N) is 3. The van der Waals surface area contributed by atoms with Gasteiger partial charge in [0.25, 0.3) is 0 Å². The van der Waals surface area contributed by atoms with Crippen molar-refractivity contribution in [3.8, 4) is 0 Å². The zero-order valence-corrected chi connectivity index (χ0v) is 9.68. The Morgan fingerprint density at radius 3 is 3.12 bits per heavy atom. The highest BCUT2D eigenvalue weighted by atomic mass is 16.1. The second-order valence-corrected chi connectivity index (χ2v) is 3.85. The topological polar surface area (TPSA) is 75.6 Å². The van der Waals surface area contributed by atoms with E-state index in [2.05, 4.69) is 20.5 Å². The molecule has 0 bridgehead atoms. The molecule has 0 atom stereocenters. The fraction of sp³-hybridized carbons (Fsp3) is 0.364. The third kappa shape index (κ3) is 3.17. The number of carbonyl (C=O) groups excluding carboxylic acids is 1. The molecule has 0 aliphatic carbocycles. The molecule has 0 fully saturated rings. The Morgan fingerprint density at radius 2 is 2.47 bits per heavy atom. The van der Waals surface area contributed by atoms with Crippen molar-refractivity contribution in [2.75, 3.05) is 0 Å². The number of nitrogens with one attached hydrogen (secondary N) is 2. The molecule has 90 valence electrons. The van der Waals surface area contributed by atoms with E-state index in [0.717, 1.165) is 11.3 Å². The van der Waals surface area contributed by atoms with Crippen molar-refractivity contribution < 1.29 is 4.79 Å². The van der Waals surface area contributed by atoms with Crippen LogP contribution in [-0.2, 0) is 17.9 Å². The summed E-state index contributed by atoms with van der Waals surface area (Å²) in [4.78, 5) is 15.5. The van der Waals surface area contributed by atoms with Gasteiger partial charge in [0.1, 0.15) is 0 Å². The van der Waals surface area contributed by atoms with Crippen LogP contribution in [0.25, 0.3) is 0 Å². The molecule has 6 nitrogen and oxygen atoms in total. The molecule has 0 spiro atoms. The van der Waals surface area contributed by atoms with Crippen LogP contribution in [0.4, 0.5) is 0 Å². The number of rotatable bonds is 5. The minimum atomic E-state index is 0.0271. The summed E-state index contributed by atoms with van der Waals surface area (Å²) in [6.07, 6.45) is 7.42. The largest absolute Gasteiger partial charge is 0.352 e. The van der Waals surface area contributed by atoms with Gasteiger partial charge in [0.2, 0.25) is 5.91 Å². The van der Waals surface area contributed by atoms with E-state index < -0.39 is 0 Å². The molecule has 0 radical (unpaired) electrons. The van der Waals surface area contributed by atoms with Crippen LogP contribution >= 0.6 is 0 Å². The van der Waals surface area contributed by atoms with Gasteiger partial charge in [-0.25, -0.2) is 4.98 Å². The van der Waals surface area contributed by atoms with Crippen molar-refractivity contribution in [2.24, 2.45) is 0 Å². The van der Waals surface area contributed by atoms with Gasteiger partial charge < -0.3 is 9.88 Å². The van der Waals surface area contributed by atoms with E-state index in [4.69, 9.17) is 0 Å². The molecule has 0 saturated carbocycles. The summed E-state index contributed by atoms with van der Waals surface area (Å²) < 4.78 is 1.88. The molecular weight excluding hydrogens is 218 g/mol. The number of H-pyrrole nitrogens is 1. The Morgan fingerprint density at radius 1 is 1.59 bits per heavy atom. The summed E-state index contributed by atoms with van der Waals surface area (Å²) in [6.45, 7) is 3.10. The van der Waals surface area contributed by atoms with Gasteiger partial charge >= 0.3 is 0 Å². The summed E-state index contributed by atoms with van der Waals surface area (Å²) >= 11 is 0. The summed E-state index contributed by atoms with van der Waals surface area (Å²) in [5.74, 6) is 0.0271. The normalized spacial score (nSPS) is 10.4. The predicted molar refractivity (Wildman–Crippen MR) is 62.0 cm³/mol. The number of hydrogen-bond acceptors (Lipinski definition) is 3. The lowest BCUT2D eigenvalue weighted by Gasteiger charge is -2.04. The number of hydrogen-bond donors (Lipinski definition) is 2. The van der Waals surface area contributed by atoms with Crippen molar-refractivity contribution in [3.63, 3.8) is 0 Å². The third-order valence-electron chi connectivity index (χ3n) is 2.57. The molecule has 0 aromatic carbocycles. The number of amides is 1. The second-order valence-electron chi connectivity index (χ2n) is 3.85. The van der Waals surface area contributed by atoms with Crippen LogP contribution < -0.4 is 5.32 Å². The average molecular weight is 233 g/mol. The maximum absolute atomic E-state index is 11.6. The molecule has 2 heterocycles. The molecule has 0 saturated heterocycles. The fourth-order valence-electron chi connectivity index (χ4n) is 1.49. The van der Waals surface area contributed by atoms with E-state index in [1.165, 1.54) is 0 Å². The molecule has 1 amide bonds. The van der Waals surface area contributed by atoms with E-state index in [-0.39, 0.29) is 5.91 Å². The molecule has 6 heteroatoms. The van der Waals surface area contributed by atoms with E-state index in [1.807, 2.05) is 17.7 Å². The quantitative estimate of drug-likeness (QED) is 0.795. The first-order valence-corrected chi connectivity index (χ1v) is 5.47. The van der Waals surface area contributed by atoms with E-state index in [0.29, 0.717) is 19.5 Å². The molecule has 0 aliphatic heterocycles. The number of aromatic amines is 1. The lowest BCUT2D eigenvalue weighted by Crippen LogP contribution is -2.23. The monoisotopic (exact) mass is 233 g/mol. The third-order valence-corrected chi connectivity index (χ3v) is 2.57. The standard InChI is InChI=1S/C11H15N5O/c1-9-10(7-14-15-9)6-13-11(17)2-4-16-5-3-12-8-16/h3,5,7-8H,2,4,6H2,1H3,(H,13,17)(H,14,15). The van der Waals surface area contributed by atoms with Gasteiger partial charge in [0, 0.05) is 43.2 Å². The minimum Gasteiger partial charge on any atom is -0.352 e. The van der Waals surface area contributed by atoms with Crippen LogP contribution in [0, 0.1) is 6.92 Å². The molecule has 2 N–H and O–H groups in total. The molecule has 0 unspecified atom stereocenters. The molecule has 0 aliphatic rings. The number of imidazole rings is 1. The fourth-order valence-corrected chi connectivity index (χ4v) is 1.49. The Balaban J connectivity index is 1.73. The predicted octanol–water partition coefficient (Wildman–Crippen LogP) is 0.621. The van der Waals surface area contributed by atoms with E-state index in [1.54, 1.807) is 18.7 Å². The summed E-state index contributed by atoms with van der Waals surface area (Å²) in [6, 6.07) is 0. The first kappa shape index (κ1) is 11.4. The van der Waals surface area contributed by atoms with Crippen LogP contribution in [0.3, 0.4) is 0 Å². The van der Waals surface area contributed by atoms with Crippen molar-refractivity contribution in [2.45, 2.75) is 26.4 Å². The smallest absolute Gasteiger partial charge is 0.222 e. The molecule has 17 heavy (non-hydrogen) atoms. The van der Waals surface area contributed by atoms with Gasteiger partial charge in [-0.05, 0) is 6.92 Å². The first-order chi connectivity index (χ1) is 8.25.